The first kappa shape index (κ1) is 14.5. The molecule has 3 nitrogen and oxygen atoms in total. The number of benzene rings is 1. The van der Waals surface area contributed by atoms with Gasteiger partial charge in [0.2, 0.25) is 0 Å². The molecule has 1 aromatic heterocycles. The smallest absolute Gasteiger partial charge is 0.254 e. The Kier molecular flexibility index (Phi) is 5.13. The molecule has 104 valence electrons. The second-order valence-corrected chi connectivity index (χ2v) is 5.03. The van der Waals surface area contributed by atoms with Gasteiger partial charge in [0.1, 0.15) is 0 Å². The van der Waals surface area contributed by atoms with Gasteiger partial charge in [0.05, 0.1) is 0 Å². The SMILES string of the molecule is CCCN(Cc1cccc(Cl)c1)C(=O)c1ccncc1. The van der Waals surface area contributed by atoms with E-state index >= 15 is 0 Å². The second kappa shape index (κ2) is 7.06. The van der Waals surface area contributed by atoms with E-state index in [9.17, 15) is 4.79 Å². The van der Waals surface area contributed by atoms with Gasteiger partial charge in [-0.3, -0.25) is 9.78 Å². The van der Waals surface area contributed by atoms with Crippen LogP contribution in [0.3, 0.4) is 0 Å². The predicted octanol–water partition coefficient (Wildman–Crippen LogP) is 3.79. The van der Waals surface area contributed by atoms with Crippen molar-refractivity contribution in [1.82, 2.24) is 9.88 Å². The minimum absolute atomic E-state index is 0.0224. The fourth-order valence-corrected chi connectivity index (χ4v) is 2.27. The third kappa shape index (κ3) is 3.81. The molecule has 0 aliphatic rings. The van der Waals surface area contributed by atoms with Gasteiger partial charge in [-0.2, -0.15) is 0 Å². The molecule has 0 N–H and O–H groups in total. The Balaban J connectivity index is 2.17. The van der Waals surface area contributed by atoms with E-state index < -0.39 is 0 Å². The molecule has 2 aromatic rings. The molecule has 0 radical (unpaired) electrons. The largest absolute Gasteiger partial charge is 0.334 e. The van der Waals surface area contributed by atoms with Crippen LogP contribution in [0.1, 0.15) is 29.3 Å². The summed E-state index contributed by atoms with van der Waals surface area (Å²) in [6.45, 7) is 3.34. The highest BCUT2D eigenvalue weighted by molar-refractivity contribution is 6.30. The van der Waals surface area contributed by atoms with Gasteiger partial charge in [-0.1, -0.05) is 30.7 Å². The molecule has 1 amide bonds. The third-order valence-electron chi connectivity index (χ3n) is 2.97. The molecule has 0 atom stereocenters. The predicted molar refractivity (Wildman–Crippen MR) is 80.7 cm³/mol. The molecule has 0 aliphatic carbocycles. The van der Waals surface area contributed by atoms with E-state index in [2.05, 4.69) is 11.9 Å². The van der Waals surface area contributed by atoms with Crippen LogP contribution in [0.25, 0.3) is 0 Å². The molecular formula is C16H17ClN2O. The van der Waals surface area contributed by atoms with E-state index in [0.29, 0.717) is 23.7 Å². The summed E-state index contributed by atoms with van der Waals surface area (Å²) in [6, 6.07) is 11.1. The van der Waals surface area contributed by atoms with E-state index in [4.69, 9.17) is 11.6 Å². The number of aromatic nitrogens is 1. The lowest BCUT2D eigenvalue weighted by molar-refractivity contribution is 0.0743. The maximum atomic E-state index is 12.5. The summed E-state index contributed by atoms with van der Waals surface area (Å²) in [7, 11) is 0. The molecule has 4 heteroatoms. The van der Waals surface area contributed by atoms with Crippen LogP contribution in [0.4, 0.5) is 0 Å². The zero-order chi connectivity index (χ0) is 14.4. The number of carbonyl (C=O) groups excluding carboxylic acids is 1. The maximum absolute atomic E-state index is 12.5. The topological polar surface area (TPSA) is 33.2 Å². The van der Waals surface area contributed by atoms with Crippen molar-refractivity contribution in [3.05, 3.63) is 64.9 Å². The van der Waals surface area contributed by atoms with Crippen molar-refractivity contribution in [3.63, 3.8) is 0 Å². The summed E-state index contributed by atoms with van der Waals surface area (Å²) >= 11 is 5.99. The number of halogens is 1. The Morgan fingerprint density at radius 1 is 1.25 bits per heavy atom. The van der Waals surface area contributed by atoms with Gasteiger partial charge in [0, 0.05) is 36.1 Å². The van der Waals surface area contributed by atoms with Crippen molar-refractivity contribution in [2.45, 2.75) is 19.9 Å². The van der Waals surface area contributed by atoms with Crippen molar-refractivity contribution < 1.29 is 4.79 Å². The Labute approximate surface area is 124 Å². The van der Waals surface area contributed by atoms with E-state index in [0.717, 1.165) is 12.0 Å². The molecule has 1 heterocycles. The van der Waals surface area contributed by atoms with Crippen molar-refractivity contribution in [1.29, 1.82) is 0 Å². The quantitative estimate of drug-likeness (QED) is 0.839. The molecule has 0 saturated carbocycles. The fourth-order valence-electron chi connectivity index (χ4n) is 2.06. The van der Waals surface area contributed by atoms with Crippen LogP contribution in [0, 0.1) is 0 Å². The molecule has 0 fully saturated rings. The summed E-state index contributed by atoms with van der Waals surface area (Å²) in [5.74, 6) is 0.0224. The van der Waals surface area contributed by atoms with Gasteiger partial charge in [0.15, 0.2) is 0 Å². The normalized spacial score (nSPS) is 10.3. The van der Waals surface area contributed by atoms with Crippen molar-refractivity contribution in [2.75, 3.05) is 6.54 Å². The minimum atomic E-state index is 0.0224. The van der Waals surface area contributed by atoms with Gasteiger partial charge < -0.3 is 4.90 Å². The molecule has 0 bridgehead atoms. The standard InChI is InChI=1S/C16H17ClN2O/c1-2-10-19(12-13-4-3-5-15(17)11-13)16(20)14-6-8-18-9-7-14/h3-9,11H,2,10,12H2,1H3. The van der Waals surface area contributed by atoms with Crippen molar-refractivity contribution >= 4 is 17.5 Å². The first-order valence-electron chi connectivity index (χ1n) is 6.64. The van der Waals surface area contributed by atoms with E-state index in [1.165, 1.54) is 0 Å². The highest BCUT2D eigenvalue weighted by Crippen LogP contribution is 2.14. The van der Waals surface area contributed by atoms with Crippen molar-refractivity contribution in [3.8, 4) is 0 Å². The average molecular weight is 289 g/mol. The number of hydrogen-bond donors (Lipinski definition) is 0. The van der Waals surface area contributed by atoms with Crippen LogP contribution in [-0.2, 0) is 6.54 Å². The Bertz CT molecular complexity index is 572. The molecule has 20 heavy (non-hydrogen) atoms. The second-order valence-electron chi connectivity index (χ2n) is 4.59. The first-order chi connectivity index (χ1) is 9.70. The maximum Gasteiger partial charge on any atom is 0.254 e. The fraction of sp³-hybridized carbons (Fsp3) is 0.250. The molecule has 2 rings (SSSR count). The molecule has 0 saturated heterocycles. The highest BCUT2D eigenvalue weighted by atomic mass is 35.5. The number of nitrogens with zero attached hydrogens (tertiary/aromatic N) is 2. The molecule has 0 spiro atoms. The Hall–Kier alpha value is -1.87. The number of pyridine rings is 1. The number of hydrogen-bond acceptors (Lipinski definition) is 2. The lowest BCUT2D eigenvalue weighted by Gasteiger charge is -2.22. The monoisotopic (exact) mass is 288 g/mol. The summed E-state index contributed by atoms with van der Waals surface area (Å²) < 4.78 is 0. The number of carbonyl (C=O) groups is 1. The number of rotatable bonds is 5. The van der Waals surface area contributed by atoms with Crippen LogP contribution >= 0.6 is 11.6 Å². The van der Waals surface area contributed by atoms with Gasteiger partial charge >= 0.3 is 0 Å². The van der Waals surface area contributed by atoms with Crippen LogP contribution in [0.15, 0.2) is 48.8 Å². The number of amides is 1. The van der Waals surface area contributed by atoms with E-state index in [1.54, 1.807) is 24.5 Å². The summed E-state index contributed by atoms with van der Waals surface area (Å²) in [5.41, 5.74) is 1.70. The lowest BCUT2D eigenvalue weighted by atomic mass is 10.1. The first-order valence-corrected chi connectivity index (χ1v) is 7.02. The van der Waals surface area contributed by atoms with Crippen molar-refractivity contribution in [2.24, 2.45) is 0 Å². The van der Waals surface area contributed by atoms with Crippen LogP contribution < -0.4 is 0 Å². The summed E-state index contributed by atoms with van der Waals surface area (Å²) in [4.78, 5) is 18.3. The summed E-state index contributed by atoms with van der Waals surface area (Å²) in [5, 5.41) is 0.690. The van der Waals surface area contributed by atoms with E-state index in [-0.39, 0.29) is 5.91 Å². The molecule has 1 aromatic carbocycles. The van der Waals surface area contributed by atoms with Gasteiger partial charge in [0.25, 0.3) is 5.91 Å². The lowest BCUT2D eigenvalue weighted by Crippen LogP contribution is -2.31. The van der Waals surface area contributed by atoms with Crippen LogP contribution in [-0.4, -0.2) is 22.3 Å². The zero-order valence-corrected chi connectivity index (χ0v) is 12.2. The van der Waals surface area contributed by atoms with Gasteiger partial charge in [-0.05, 0) is 36.2 Å². The Morgan fingerprint density at radius 2 is 2.00 bits per heavy atom. The van der Waals surface area contributed by atoms with Crippen LogP contribution in [0.5, 0.6) is 0 Å². The highest BCUT2D eigenvalue weighted by Gasteiger charge is 2.15. The molecule has 0 unspecified atom stereocenters. The molecular weight excluding hydrogens is 272 g/mol. The average Bonchev–Trinajstić information content (AvgIpc) is 2.47. The minimum Gasteiger partial charge on any atom is -0.334 e. The Morgan fingerprint density at radius 3 is 2.65 bits per heavy atom. The summed E-state index contributed by atoms with van der Waals surface area (Å²) in [6.07, 6.45) is 4.19. The van der Waals surface area contributed by atoms with Gasteiger partial charge in [-0.25, -0.2) is 0 Å². The van der Waals surface area contributed by atoms with E-state index in [1.807, 2.05) is 29.2 Å². The third-order valence-corrected chi connectivity index (χ3v) is 3.21. The van der Waals surface area contributed by atoms with Gasteiger partial charge in [-0.15, -0.1) is 0 Å². The van der Waals surface area contributed by atoms with Crippen LogP contribution in [0.2, 0.25) is 5.02 Å². The zero-order valence-electron chi connectivity index (χ0n) is 11.4. The molecule has 0 aliphatic heterocycles.